The smallest absolute Gasteiger partial charge is 0.202 e. The molecular formula is C24H22O3. The summed E-state index contributed by atoms with van der Waals surface area (Å²) in [4.78, 5) is 25.0. The summed E-state index contributed by atoms with van der Waals surface area (Å²) in [5.74, 6) is 0.454. The van der Waals surface area contributed by atoms with Gasteiger partial charge in [-0.3, -0.25) is 9.59 Å². The van der Waals surface area contributed by atoms with Crippen LogP contribution in [-0.4, -0.2) is 17.7 Å². The molecule has 1 atom stereocenters. The van der Waals surface area contributed by atoms with Gasteiger partial charge in [0.25, 0.3) is 0 Å². The highest BCUT2D eigenvalue weighted by Gasteiger charge is 2.17. The van der Waals surface area contributed by atoms with E-state index < -0.39 is 6.10 Å². The van der Waals surface area contributed by atoms with E-state index in [2.05, 4.69) is 6.92 Å². The van der Waals surface area contributed by atoms with Crippen LogP contribution >= 0.6 is 0 Å². The molecule has 0 amide bonds. The topological polar surface area (TPSA) is 43.4 Å². The Kier molecular flexibility index (Phi) is 5.82. The Morgan fingerprint density at radius 1 is 0.778 bits per heavy atom. The molecule has 0 unspecified atom stereocenters. The second-order valence-corrected chi connectivity index (χ2v) is 6.39. The fourth-order valence-electron chi connectivity index (χ4n) is 2.84. The number of carbonyl (C=O) groups excluding carboxylic acids is 2. The van der Waals surface area contributed by atoms with Crippen molar-refractivity contribution in [1.29, 1.82) is 0 Å². The van der Waals surface area contributed by atoms with Crippen molar-refractivity contribution in [2.75, 3.05) is 0 Å². The monoisotopic (exact) mass is 358 g/mol. The predicted octanol–water partition coefficient (Wildman–Crippen LogP) is 5.13. The molecule has 27 heavy (non-hydrogen) atoms. The highest BCUT2D eigenvalue weighted by molar-refractivity contribution is 6.09. The minimum absolute atomic E-state index is 0.0395. The van der Waals surface area contributed by atoms with Gasteiger partial charge in [0.1, 0.15) is 5.75 Å². The molecule has 0 aliphatic rings. The van der Waals surface area contributed by atoms with Gasteiger partial charge in [-0.05, 0) is 43.2 Å². The number of ether oxygens (including phenoxy) is 1. The van der Waals surface area contributed by atoms with E-state index in [4.69, 9.17) is 4.74 Å². The average Bonchev–Trinajstić information content (AvgIpc) is 2.74. The van der Waals surface area contributed by atoms with Crippen LogP contribution in [0.4, 0.5) is 0 Å². The molecule has 3 heteroatoms. The standard InChI is InChI=1S/C24H22O3/c1-3-18-9-11-20(12-10-18)23(25)17(2)27-22-15-13-21(14-16-22)24(26)19-7-5-4-6-8-19/h4-17H,3H2,1-2H3/t17-/m1/s1. The van der Waals surface area contributed by atoms with Gasteiger partial charge >= 0.3 is 0 Å². The summed E-state index contributed by atoms with van der Waals surface area (Å²) in [6.45, 7) is 3.81. The van der Waals surface area contributed by atoms with Crippen molar-refractivity contribution in [3.8, 4) is 5.75 Å². The molecule has 0 radical (unpaired) electrons. The van der Waals surface area contributed by atoms with Crippen LogP contribution in [0.3, 0.4) is 0 Å². The SMILES string of the molecule is CCc1ccc(C(=O)[C@@H](C)Oc2ccc(C(=O)c3ccccc3)cc2)cc1. The molecule has 0 N–H and O–H groups in total. The number of rotatable bonds is 7. The highest BCUT2D eigenvalue weighted by Crippen LogP contribution is 2.18. The lowest BCUT2D eigenvalue weighted by Gasteiger charge is -2.14. The second kappa shape index (κ2) is 8.45. The molecule has 3 aromatic carbocycles. The largest absolute Gasteiger partial charge is 0.483 e. The number of carbonyl (C=O) groups is 2. The minimum atomic E-state index is -0.604. The maximum atomic E-state index is 12.5. The van der Waals surface area contributed by atoms with Gasteiger partial charge in [-0.25, -0.2) is 0 Å². The van der Waals surface area contributed by atoms with Crippen LogP contribution in [0.15, 0.2) is 78.9 Å². The lowest BCUT2D eigenvalue weighted by Crippen LogP contribution is -2.23. The van der Waals surface area contributed by atoms with Gasteiger partial charge in [0.05, 0.1) is 0 Å². The fourth-order valence-corrected chi connectivity index (χ4v) is 2.84. The number of Topliss-reactive ketones (excluding diaryl/α,β-unsaturated/α-hetero) is 1. The number of benzene rings is 3. The third kappa shape index (κ3) is 4.50. The van der Waals surface area contributed by atoms with Crippen LogP contribution in [0, 0.1) is 0 Å². The van der Waals surface area contributed by atoms with Gasteiger partial charge in [0.15, 0.2) is 11.9 Å². The van der Waals surface area contributed by atoms with Crippen molar-refractivity contribution in [1.82, 2.24) is 0 Å². The van der Waals surface area contributed by atoms with Crippen LogP contribution < -0.4 is 4.74 Å². The van der Waals surface area contributed by atoms with Crippen LogP contribution in [0.5, 0.6) is 5.75 Å². The molecule has 0 aliphatic heterocycles. The van der Waals surface area contributed by atoms with E-state index in [1.807, 2.05) is 42.5 Å². The third-order valence-electron chi connectivity index (χ3n) is 4.48. The predicted molar refractivity (Wildman–Crippen MR) is 107 cm³/mol. The normalized spacial score (nSPS) is 11.6. The van der Waals surface area contributed by atoms with Crippen molar-refractivity contribution < 1.29 is 14.3 Å². The van der Waals surface area contributed by atoms with E-state index >= 15 is 0 Å². The van der Waals surface area contributed by atoms with Gasteiger partial charge in [0.2, 0.25) is 5.78 Å². The first kappa shape index (κ1) is 18.6. The molecule has 0 aliphatic carbocycles. The van der Waals surface area contributed by atoms with Gasteiger partial charge in [0, 0.05) is 16.7 Å². The van der Waals surface area contributed by atoms with E-state index in [0.29, 0.717) is 22.4 Å². The van der Waals surface area contributed by atoms with E-state index in [0.717, 1.165) is 6.42 Å². The molecule has 3 rings (SSSR count). The summed E-state index contributed by atoms with van der Waals surface area (Å²) < 4.78 is 5.77. The van der Waals surface area contributed by atoms with Crippen molar-refractivity contribution in [2.24, 2.45) is 0 Å². The van der Waals surface area contributed by atoms with Crippen molar-refractivity contribution in [3.63, 3.8) is 0 Å². The molecule has 0 bridgehead atoms. The van der Waals surface area contributed by atoms with E-state index in [1.165, 1.54) is 5.56 Å². The molecule has 0 spiro atoms. The minimum Gasteiger partial charge on any atom is -0.483 e. The zero-order valence-electron chi connectivity index (χ0n) is 15.5. The molecule has 0 fully saturated rings. The zero-order valence-corrected chi connectivity index (χ0v) is 15.5. The maximum absolute atomic E-state index is 12.5. The Morgan fingerprint density at radius 3 is 1.93 bits per heavy atom. The van der Waals surface area contributed by atoms with Crippen molar-refractivity contribution >= 4 is 11.6 Å². The number of hydrogen-bond donors (Lipinski definition) is 0. The summed E-state index contributed by atoms with van der Waals surface area (Å²) in [6, 6.07) is 23.6. The summed E-state index contributed by atoms with van der Waals surface area (Å²) in [7, 11) is 0. The molecular weight excluding hydrogens is 336 g/mol. The van der Waals surface area contributed by atoms with E-state index in [9.17, 15) is 9.59 Å². The van der Waals surface area contributed by atoms with Crippen LogP contribution in [0.2, 0.25) is 0 Å². The third-order valence-corrected chi connectivity index (χ3v) is 4.48. The molecule has 3 nitrogen and oxygen atoms in total. The Morgan fingerprint density at radius 2 is 1.33 bits per heavy atom. The summed E-state index contributed by atoms with van der Waals surface area (Å²) in [5, 5.41) is 0. The number of ketones is 2. The Labute approximate surface area is 159 Å². The van der Waals surface area contributed by atoms with Crippen molar-refractivity contribution in [3.05, 3.63) is 101 Å². The van der Waals surface area contributed by atoms with Gasteiger partial charge in [-0.15, -0.1) is 0 Å². The first-order valence-corrected chi connectivity index (χ1v) is 9.08. The van der Waals surface area contributed by atoms with Gasteiger partial charge in [-0.2, -0.15) is 0 Å². The zero-order chi connectivity index (χ0) is 19.2. The lowest BCUT2D eigenvalue weighted by atomic mass is 10.0. The maximum Gasteiger partial charge on any atom is 0.202 e. The van der Waals surface area contributed by atoms with Crippen LogP contribution in [0.1, 0.15) is 45.7 Å². The molecule has 0 aromatic heterocycles. The number of hydrogen-bond acceptors (Lipinski definition) is 3. The summed E-state index contributed by atoms with van der Waals surface area (Å²) in [6.07, 6.45) is 0.335. The van der Waals surface area contributed by atoms with Crippen LogP contribution in [0.25, 0.3) is 0 Å². The van der Waals surface area contributed by atoms with E-state index in [1.54, 1.807) is 43.3 Å². The quantitative estimate of drug-likeness (QED) is 0.550. The highest BCUT2D eigenvalue weighted by atomic mass is 16.5. The fraction of sp³-hybridized carbons (Fsp3) is 0.167. The Hall–Kier alpha value is -3.20. The van der Waals surface area contributed by atoms with Gasteiger partial charge < -0.3 is 4.74 Å². The molecule has 136 valence electrons. The molecule has 0 saturated carbocycles. The Balaban J connectivity index is 1.66. The lowest BCUT2D eigenvalue weighted by molar-refractivity contribution is 0.0817. The van der Waals surface area contributed by atoms with Crippen LogP contribution in [-0.2, 0) is 6.42 Å². The van der Waals surface area contributed by atoms with E-state index in [-0.39, 0.29) is 11.6 Å². The summed E-state index contributed by atoms with van der Waals surface area (Å²) >= 11 is 0. The van der Waals surface area contributed by atoms with Gasteiger partial charge in [-0.1, -0.05) is 61.5 Å². The summed E-state index contributed by atoms with van der Waals surface area (Å²) in [5.41, 5.74) is 3.06. The average molecular weight is 358 g/mol. The first-order chi connectivity index (χ1) is 13.1. The molecule has 0 heterocycles. The second-order valence-electron chi connectivity index (χ2n) is 6.39. The molecule has 3 aromatic rings. The van der Waals surface area contributed by atoms with Crippen molar-refractivity contribution in [2.45, 2.75) is 26.4 Å². The number of aryl methyl sites for hydroxylation is 1. The first-order valence-electron chi connectivity index (χ1n) is 9.08. The Bertz CT molecular complexity index is 910. The molecule has 0 saturated heterocycles.